The predicted octanol–water partition coefficient (Wildman–Crippen LogP) is 2.18. The van der Waals surface area contributed by atoms with Crippen molar-refractivity contribution in [3.8, 4) is 0 Å². The van der Waals surface area contributed by atoms with E-state index in [0.717, 1.165) is 30.8 Å². The number of pyridine rings is 1. The van der Waals surface area contributed by atoms with Gasteiger partial charge in [-0.1, -0.05) is 17.7 Å². The summed E-state index contributed by atoms with van der Waals surface area (Å²) in [7, 11) is -3.78. The van der Waals surface area contributed by atoms with Crippen LogP contribution in [-0.2, 0) is 21.2 Å². The Morgan fingerprint density at radius 1 is 1.14 bits per heavy atom. The highest BCUT2D eigenvalue weighted by Gasteiger charge is 2.39. The lowest BCUT2D eigenvalue weighted by atomic mass is 9.92. The number of aromatic nitrogens is 1. The normalized spacial score (nSPS) is 21.2. The van der Waals surface area contributed by atoms with E-state index in [9.17, 15) is 13.2 Å². The van der Waals surface area contributed by atoms with Crippen LogP contribution in [-0.4, -0.2) is 38.9 Å². The van der Waals surface area contributed by atoms with Gasteiger partial charge in [0.15, 0.2) is 0 Å². The number of anilines is 2. The zero-order valence-electron chi connectivity index (χ0n) is 15.9. The summed E-state index contributed by atoms with van der Waals surface area (Å²) in [5.41, 5.74) is 4.24. The number of hydrogen-bond donors (Lipinski definition) is 2. The number of sulfonamides is 1. The minimum atomic E-state index is -3.78. The Morgan fingerprint density at radius 2 is 2.03 bits per heavy atom. The number of aryl methyl sites for hydroxylation is 1. The van der Waals surface area contributed by atoms with Crippen LogP contribution >= 0.6 is 0 Å². The van der Waals surface area contributed by atoms with E-state index < -0.39 is 10.0 Å². The van der Waals surface area contributed by atoms with Gasteiger partial charge in [0.05, 0.1) is 16.3 Å². The van der Waals surface area contributed by atoms with Gasteiger partial charge in [-0.25, -0.2) is 8.42 Å². The molecule has 8 heteroatoms. The van der Waals surface area contributed by atoms with Crippen molar-refractivity contribution < 1.29 is 13.2 Å². The largest absolute Gasteiger partial charge is 0.326 e. The lowest BCUT2D eigenvalue weighted by Crippen LogP contribution is -2.31. The summed E-state index contributed by atoms with van der Waals surface area (Å²) in [4.78, 5) is 16.5. The minimum Gasteiger partial charge on any atom is -0.326 e. The number of rotatable bonds is 3. The fraction of sp³-hybridized carbons (Fsp3) is 0.333. The fourth-order valence-electron chi connectivity index (χ4n) is 4.35. The van der Waals surface area contributed by atoms with E-state index in [1.54, 1.807) is 30.5 Å². The first kappa shape index (κ1) is 18.3. The zero-order valence-corrected chi connectivity index (χ0v) is 16.7. The molecule has 29 heavy (non-hydrogen) atoms. The maximum absolute atomic E-state index is 13.5. The van der Waals surface area contributed by atoms with Crippen LogP contribution in [0, 0.1) is 0 Å². The van der Waals surface area contributed by atoms with Crippen LogP contribution in [0.25, 0.3) is 0 Å². The van der Waals surface area contributed by atoms with Crippen LogP contribution in [0.15, 0.2) is 53.1 Å². The lowest BCUT2D eigenvalue weighted by Gasteiger charge is -2.23. The molecule has 0 fully saturated rings. The van der Waals surface area contributed by atoms with Crippen molar-refractivity contribution in [1.29, 1.82) is 0 Å². The van der Waals surface area contributed by atoms with E-state index in [4.69, 9.17) is 0 Å². The van der Waals surface area contributed by atoms with Gasteiger partial charge in [-0.2, -0.15) is 0 Å². The summed E-state index contributed by atoms with van der Waals surface area (Å²) in [5.74, 6) is -0.110. The summed E-state index contributed by atoms with van der Waals surface area (Å²) < 4.78 is 28.6. The van der Waals surface area contributed by atoms with Gasteiger partial charge in [-0.05, 0) is 49.2 Å². The van der Waals surface area contributed by atoms with E-state index in [1.807, 2.05) is 6.07 Å². The number of hydrogen-bond acceptors (Lipinski definition) is 5. The number of benzene rings is 1. The van der Waals surface area contributed by atoms with Gasteiger partial charge in [-0.3, -0.25) is 14.1 Å². The molecule has 3 aliphatic heterocycles. The van der Waals surface area contributed by atoms with Crippen molar-refractivity contribution in [3.63, 3.8) is 0 Å². The number of carbonyl (C=O) groups is 1. The Kier molecular flexibility index (Phi) is 4.40. The number of fused-ring (bicyclic) bond motifs is 2. The third-order valence-electron chi connectivity index (χ3n) is 5.87. The molecule has 2 aromatic rings. The molecule has 0 radical (unpaired) electrons. The zero-order chi connectivity index (χ0) is 20.0. The molecule has 1 amide bonds. The maximum atomic E-state index is 13.5. The number of carbonyl (C=O) groups excluding carboxylic acids is 1. The highest BCUT2D eigenvalue weighted by atomic mass is 32.2. The van der Waals surface area contributed by atoms with Crippen LogP contribution in [0.4, 0.5) is 11.4 Å². The van der Waals surface area contributed by atoms with Crippen molar-refractivity contribution in [2.24, 2.45) is 0 Å². The second-order valence-corrected chi connectivity index (χ2v) is 9.46. The summed E-state index contributed by atoms with van der Waals surface area (Å²) in [6, 6.07) is 8.61. The van der Waals surface area contributed by atoms with Crippen LogP contribution in [0.1, 0.15) is 30.0 Å². The standard InChI is InChI=1S/C21H22N4O3S/c26-20-6-4-15-3-5-16(12-18(15)24-20)29(27,28)25-13-17(14-7-10-22-11-8-14)21-19(25)2-1-9-23-21/h1-3,5,7,9,12,17,22H,4,6,8,10-11,13H2,(H,24,26). The van der Waals surface area contributed by atoms with Gasteiger partial charge < -0.3 is 10.6 Å². The SMILES string of the molecule is O=C1CCc2ccc(S(=O)(=O)N3CC(C4=CCNCC4)c4ncccc43)cc2N1. The molecule has 2 N–H and O–H groups in total. The van der Waals surface area contributed by atoms with Crippen LogP contribution < -0.4 is 14.9 Å². The Labute approximate surface area is 169 Å². The molecule has 1 aromatic heterocycles. The highest BCUT2D eigenvalue weighted by Crippen LogP contribution is 2.43. The van der Waals surface area contributed by atoms with Crippen molar-refractivity contribution in [1.82, 2.24) is 10.3 Å². The molecule has 1 unspecified atom stereocenters. The van der Waals surface area contributed by atoms with Gasteiger partial charge in [0.1, 0.15) is 0 Å². The van der Waals surface area contributed by atoms with Gasteiger partial charge in [0.2, 0.25) is 5.91 Å². The lowest BCUT2D eigenvalue weighted by molar-refractivity contribution is -0.116. The molecule has 1 atom stereocenters. The Morgan fingerprint density at radius 3 is 2.86 bits per heavy atom. The Hall–Kier alpha value is -2.71. The average Bonchev–Trinajstić information content (AvgIpc) is 3.14. The van der Waals surface area contributed by atoms with Gasteiger partial charge in [0.25, 0.3) is 10.0 Å². The summed E-state index contributed by atoms with van der Waals surface area (Å²) in [6.07, 6.45) is 5.81. The van der Waals surface area contributed by atoms with E-state index in [1.165, 1.54) is 9.88 Å². The average molecular weight is 410 g/mol. The van der Waals surface area contributed by atoms with E-state index in [-0.39, 0.29) is 16.7 Å². The molecule has 3 aliphatic rings. The van der Waals surface area contributed by atoms with Crippen LogP contribution in [0.3, 0.4) is 0 Å². The molecule has 1 aromatic carbocycles. The number of nitrogens with zero attached hydrogens (tertiary/aromatic N) is 2. The molecular weight excluding hydrogens is 388 g/mol. The molecule has 5 rings (SSSR count). The molecule has 7 nitrogen and oxygen atoms in total. The first-order valence-electron chi connectivity index (χ1n) is 9.84. The van der Waals surface area contributed by atoms with Gasteiger partial charge in [-0.15, -0.1) is 0 Å². The Bertz CT molecular complexity index is 1130. The summed E-state index contributed by atoms with van der Waals surface area (Å²) in [5, 5.41) is 6.09. The van der Waals surface area contributed by atoms with E-state index in [2.05, 4.69) is 21.7 Å². The van der Waals surface area contributed by atoms with Crippen LogP contribution in [0.5, 0.6) is 0 Å². The molecular formula is C21H22N4O3S. The fourth-order valence-corrected chi connectivity index (χ4v) is 5.87. The van der Waals surface area contributed by atoms with Crippen LogP contribution in [0.2, 0.25) is 0 Å². The topological polar surface area (TPSA) is 91.4 Å². The second-order valence-electron chi connectivity index (χ2n) is 7.60. The van der Waals surface area contributed by atoms with Gasteiger partial charge >= 0.3 is 0 Å². The summed E-state index contributed by atoms with van der Waals surface area (Å²) >= 11 is 0. The van der Waals surface area contributed by atoms with E-state index in [0.29, 0.717) is 30.8 Å². The first-order chi connectivity index (χ1) is 14.0. The molecule has 0 saturated carbocycles. The molecule has 4 heterocycles. The second kappa shape index (κ2) is 6.96. The van der Waals surface area contributed by atoms with Crippen molar-refractivity contribution in [3.05, 3.63) is 59.4 Å². The molecule has 0 bridgehead atoms. The predicted molar refractivity (Wildman–Crippen MR) is 110 cm³/mol. The van der Waals surface area contributed by atoms with Gasteiger partial charge in [0, 0.05) is 37.3 Å². The third kappa shape index (κ3) is 3.12. The van der Waals surface area contributed by atoms with E-state index >= 15 is 0 Å². The van der Waals surface area contributed by atoms with Crippen molar-refractivity contribution in [2.75, 3.05) is 29.3 Å². The Balaban J connectivity index is 1.54. The quantitative estimate of drug-likeness (QED) is 0.757. The highest BCUT2D eigenvalue weighted by molar-refractivity contribution is 7.92. The number of nitrogens with one attached hydrogen (secondary N) is 2. The molecule has 150 valence electrons. The summed E-state index contributed by atoms with van der Waals surface area (Å²) in [6.45, 7) is 2.04. The number of amides is 1. The third-order valence-corrected chi connectivity index (χ3v) is 7.65. The molecule has 0 saturated heterocycles. The smallest absolute Gasteiger partial charge is 0.264 e. The maximum Gasteiger partial charge on any atom is 0.264 e. The van der Waals surface area contributed by atoms with Crippen molar-refractivity contribution >= 4 is 27.3 Å². The first-order valence-corrected chi connectivity index (χ1v) is 11.3. The minimum absolute atomic E-state index is 0.0274. The molecule has 0 spiro atoms. The van der Waals surface area contributed by atoms with Crippen molar-refractivity contribution in [2.45, 2.75) is 30.1 Å². The molecule has 0 aliphatic carbocycles. The monoisotopic (exact) mass is 410 g/mol.